The third-order valence-electron chi connectivity index (χ3n) is 4.84. The molecule has 1 aliphatic heterocycles. The lowest BCUT2D eigenvalue weighted by atomic mass is 10.1. The van der Waals surface area contributed by atoms with Gasteiger partial charge in [0, 0.05) is 48.9 Å². The fraction of sp³-hybridized carbons (Fsp3) is 0.286. The molecule has 3 aromatic rings. The Labute approximate surface area is 202 Å². The van der Waals surface area contributed by atoms with Crippen LogP contribution in [0.4, 0.5) is 0 Å². The number of ether oxygens (including phenoxy) is 1. The summed E-state index contributed by atoms with van der Waals surface area (Å²) in [5, 5.41) is 23.4. The number of nitrogens with zero attached hydrogens (tertiary/aromatic N) is 5. The maximum atomic E-state index is 9.87. The van der Waals surface area contributed by atoms with Gasteiger partial charge >= 0.3 is 0 Å². The standard InChI is InChI=1S/C21H19Br2ClN5O2/c22-16-8-13(9-17(23)21(16)30)18-10-26-20(28-27-18)12-31-19-2-1-15(24)7-14(19)11-29-5-3-25-4-6-29/h1-2,7-10,30H,3-6,11-12H2. The number of hydrogen-bond donors (Lipinski definition) is 1. The van der Waals surface area contributed by atoms with Gasteiger partial charge in [0.1, 0.15) is 23.8 Å². The summed E-state index contributed by atoms with van der Waals surface area (Å²) in [5.41, 5.74) is 2.39. The van der Waals surface area contributed by atoms with Gasteiger partial charge in [-0.05, 0) is 62.2 Å². The van der Waals surface area contributed by atoms with Gasteiger partial charge in [-0.2, -0.15) is 0 Å². The van der Waals surface area contributed by atoms with Gasteiger partial charge in [0.05, 0.1) is 15.1 Å². The maximum absolute atomic E-state index is 9.87. The average Bonchev–Trinajstić information content (AvgIpc) is 2.78. The molecule has 1 N–H and O–H groups in total. The number of piperazine rings is 1. The zero-order chi connectivity index (χ0) is 21.8. The average molecular weight is 569 g/mol. The molecule has 0 amide bonds. The SMILES string of the molecule is Oc1c(Br)cc(-c2cnc(COc3ccc(Cl)cc3CN3CC[N]CC3)nn2)cc1Br. The quantitative estimate of drug-likeness (QED) is 0.474. The highest BCUT2D eigenvalue weighted by molar-refractivity contribution is 9.11. The number of aromatic nitrogens is 3. The van der Waals surface area contributed by atoms with Crippen molar-refractivity contribution in [2.75, 3.05) is 26.2 Å². The minimum Gasteiger partial charge on any atom is -0.506 e. The molecule has 31 heavy (non-hydrogen) atoms. The van der Waals surface area contributed by atoms with Crippen molar-refractivity contribution in [1.82, 2.24) is 25.4 Å². The van der Waals surface area contributed by atoms with Crippen LogP contribution in [0.3, 0.4) is 0 Å². The molecule has 7 nitrogen and oxygen atoms in total. The molecule has 0 saturated carbocycles. The molecule has 1 saturated heterocycles. The van der Waals surface area contributed by atoms with Gasteiger partial charge in [-0.15, -0.1) is 10.2 Å². The highest BCUT2D eigenvalue weighted by Gasteiger charge is 2.15. The van der Waals surface area contributed by atoms with Crippen molar-refractivity contribution >= 4 is 43.5 Å². The van der Waals surface area contributed by atoms with Crippen molar-refractivity contribution in [1.29, 1.82) is 0 Å². The lowest BCUT2D eigenvalue weighted by Gasteiger charge is -2.27. The predicted octanol–water partition coefficient (Wildman–Crippen LogP) is 4.42. The normalized spacial score (nSPS) is 14.5. The van der Waals surface area contributed by atoms with Crippen molar-refractivity contribution in [2.24, 2.45) is 0 Å². The lowest BCUT2D eigenvalue weighted by Crippen LogP contribution is -2.39. The first-order valence-electron chi connectivity index (χ1n) is 9.63. The first kappa shape index (κ1) is 22.4. The van der Waals surface area contributed by atoms with Crippen LogP contribution in [0, 0.1) is 0 Å². The molecule has 0 spiro atoms. The molecule has 1 fully saturated rings. The molecule has 1 radical (unpaired) electrons. The molecule has 161 valence electrons. The van der Waals surface area contributed by atoms with Crippen LogP contribution in [0.25, 0.3) is 11.3 Å². The molecule has 0 bridgehead atoms. The molecule has 0 unspecified atom stereocenters. The molecular weight excluding hydrogens is 550 g/mol. The van der Waals surface area contributed by atoms with Crippen LogP contribution >= 0.6 is 43.5 Å². The van der Waals surface area contributed by atoms with Crippen molar-refractivity contribution in [2.45, 2.75) is 13.2 Å². The van der Waals surface area contributed by atoms with E-state index in [0.29, 0.717) is 25.5 Å². The zero-order valence-corrected chi connectivity index (χ0v) is 20.4. The largest absolute Gasteiger partial charge is 0.506 e. The molecule has 10 heteroatoms. The Balaban J connectivity index is 1.45. The number of halogens is 3. The number of aromatic hydroxyl groups is 1. The summed E-state index contributed by atoms with van der Waals surface area (Å²) < 4.78 is 7.12. The van der Waals surface area contributed by atoms with Crippen molar-refractivity contribution in [3.8, 4) is 22.8 Å². The Bertz CT molecular complexity index is 1040. The molecule has 0 atom stereocenters. The fourth-order valence-corrected chi connectivity index (χ4v) is 4.59. The van der Waals surface area contributed by atoms with E-state index >= 15 is 0 Å². The van der Waals surface area contributed by atoms with Crippen LogP contribution in [-0.2, 0) is 13.2 Å². The molecule has 2 aromatic carbocycles. The molecule has 0 aliphatic carbocycles. The number of rotatable bonds is 6. The van der Waals surface area contributed by atoms with Gasteiger partial charge in [-0.1, -0.05) is 11.6 Å². The Hall–Kier alpha value is -1.78. The Morgan fingerprint density at radius 3 is 2.48 bits per heavy atom. The summed E-state index contributed by atoms with van der Waals surface area (Å²) in [6, 6.07) is 9.14. The second-order valence-electron chi connectivity index (χ2n) is 7.04. The van der Waals surface area contributed by atoms with Crippen molar-refractivity contribution < 1.29 is 9.84 Å². The van der Waals surface area contributed by atoms with Gasteiger partial charge in [-0.25, -0.2) is 10.3 Å². The summed E-state index contributed by atoms with van der Waals surface area (Å²) in [7, 11) is 0. The van der Waals surface area contributed by atoms with E-state index in [4.69, 9.17) is 16.3 Å². The summed E-state index contributed by atoms with van der Waals surface area (Å²) in [4.78, 5) is 6.71. The third-order valence-corrected chi connectivity index (χ3v) is 6.29. The Morgan fingerprint density at radius 2 is 1.81 bits per heavy atom. The minimum atomic E-state index is 0.132. The van der Waals surface area contributed by atoms with E-state index in [-0.39, 0.29) is 12.4 Å². The second kappa shape index (κ2) is 10.2. The van der Waals surface area contributed by atoms with Gasteiger partial charge in [0.25, 0.3) is 0 Å². The molecule has 1 aromatic heterocycles. The van der Waals surface area contributed by atoms with Crippen LogP contribution in [0.15, 0.2) is 45.5 Å². The number of hydrogen-bond acceptors (Lipinski definition) is 6. The van der Waals surface area contributed by atoms with Crippen LogP contribution < -0.4 is 10.1 Å². The van der Waals surface area contributed by atoms with Gasteiger partial charge in [0.15, 0.2) is 5.82 Å². The van der Waals surface area contributed by atoms with E-state index in [9.17, 15) is 5.11 Å². The van der Waals surface area contributed by atoms with Crippen molar-refractivity contribution in [3.05, 3.63) is 61.9 Å². The molecule has 2 heterocycles. The van der Waals surface area contributed by atoms with E-state index in [1.807, 2.05) is 18.2 Å². The second-order valence-corrected chi connectivity index (χ2v) is 9.18. The van der Waals surface area contributed by atoms with E-state index < -0.39 is 0 Å². The molecule has 1 aliphatic rings. The summed E-state index contributed by atoms with van der Waals surface area (Å²) in [5.74, 6) is 1.36. The van der Waals surface area contributed by atoms with Crippen LogP contribution in [-0.4, -0.2) is 51.4 Å². The van der Waals surface area contributed by atoms with Gasteiger partial charge in [-0.3, -0.25) is 4.90 Å². The molecule has 4 rings (SSSR count). The van der Waals surface area contributed by atoms with Crippen LogP contribution in [0.5, 0.6) is 11.5 Å². The Kier molecular flexibility index (Phi) is 7.39. The Morgan fingerprint density at radius 1 is 1.06 bits per heavy atom. The first-order chi connectivity index (χ1) is 15.0. The smallest absolute Gasteiger partial charge is 0.188 e. The fourth-order valence-electron chi connectivity index (χ4n) is 3.21. The summed E-state index contributed by atoms with van der Waals surface area (Å²) >= 11 is 12.8. The number of phenols is 1. The highest BCUT2D eigenvalue weighted by atomic mass is 79.9. The van der Waals surface area contributed by atoms with Gasteiger partial charge in [0.2, 0.25) is 0 Å². The maximum Gasteiger partial charge on any atom is 0.188 e. The minimum absolute atomic E-state index is 0.132. The van der Waals surface area contributed by atoms with Crippen LogP contribution in [0.1, 0.15) is 11.4 Å². The summed E-state index contributed by atoms with van der Waals surface area (Å²) in [6.07, 6.45) is 1.64. The highest BCUT2D eigenvalue weighted by Crippen LogP contribution is 2.36. The van der Waals surface area contributed by atoms with Gasteiger partial charge < -0.3 is 9.84 Å². The first-order valence-corrected chi connectivity index (χ1v) is 11.6. The predicted molar refractivity (Wildman–Crippen MR) is 125 cm³/mol. The topological polar surface area (TPSA) is 85.5 Å². The summed E-state index contributed by atoms with van der Waals surface area (Å²) in [6.45, 7) is 4.54. The van der Waals surface area contributed by atoms with E-state index in [2.05, 4.69) is 57.3 Å². The molecular formula is C21H19Br2ClN5O2. The van der Waals surface area contributed by atoms with E-state index in [0.717, 1.165) is 49.6 Å². The zero-order valence-electron chi connectivity index (χ0n) is 16.4. The van der Waals surface area contributed by atoms with Crippen LogP contribution in [0.2, 0.25) is 5.02 Å². The lowest BCUT2D eigenvalue weighted by molar-refractivity contribution is 0.223. The third kappa shape index (κ3) is 5.72. The van der Waals surface area contributed by atoms with E-state index in [1.54, 1.807) is 18.3 Å². The van der Waals surface area contributed by atoms with E-state index in [1.165, 1.54) is 0 Å². The van der Waals surface area contributed by atoms with Crippen molar-refractivity contribution in [3.63, 3.8) is 0 Å². The number of phenolic OH excluding ortho intramolecular Hbond substituents is 1. The number of benzene rings is 2. The monoisotopic (exact) mass is 566 g/mol.